The lowest BCUT2D eigenvalue weighted by molar-refractivity contribution is 0.543. The summed E-state index contributed by atoms with van der Waals surface area (Å²) in [7, 11) is 0. The van der Waals surface area contributed by atoms with Gasteiger partial charge in [-0.05, 0) is 25.8 Å². The number of nitrogens with one attached hydrogen (secondary N) is 1. The Hall–Kier alpha value is -0.980. The fourth-order valence-corrected chi connectivity index (χ4v) is 1.93. The molecule has 1 heteroatoms. The molecule has 64 valence electrons. The van der Waals surface area contributed by atoms with Gasteiger partial charge in [-0.25, -0.2) is 0 Å². The Bertz CT molecular complexity index is 294. The summed E-state index contributed by atoms with van der Waals surface area (Å²) >= 11 is 0. The molecule has 1 heterocycles. The monoisotopic (exact) mass is 161 g/mol. The Labute approximate surface area is 73.9 Å². The Morgan fingerprint density at radius 1 is 1.25 bits per heavy atom. The Morgan fingerprint density at radius 3 is 2.75 bits per heavy atom. The van der Waals surface area contributed by atoms with Crippen LogP contribution in [0.3, 0.4) is 0 Å². The minimum Gasteiger partial charge on any atom is -0.362 e. The van der Waals surface area contributed by atoms with Crippen LogP contribution in [0.5, 0.6) is 0 Å². The molecule has 0 aromatic carbocycles. The molecule has 1 aliphatic heterocycles. The van der Waals surface area contributed by atoms with E-state index in [2.05, 4.69) is 44.3 Å². The number of allylic oxidation sites excluding steroid dienone is 5. The normalized spacial score (nSPS) is 33.1. The summed E-state index contributed by atoms with van der Waals surface area (Å²) in [5.41, 5.74) is 4.14. The molecule has 1 aliphatic carbocycles. The van der Waals surface area contributed by atoms with Gasteiger partial charge in [-0.1, -0.05) is 24.6 Å². The van der Waals surface area contributed by atoms with Crippen LogP contribution in [-0.2, 0) is 0 Å². The summed E-state index contributed by atoms with van der Waals surface area (Å²) in [5.74, 6) is 1.27. The van der Waals surface area contributed by atoms with Crippen molar-refractivity contribution in [1.82, 2.24) is 5.32 Å². The lowest BCUT2D eigenvalue weighted by atomic mass is 9.83. The number of rotatable bonds is 0. The molecule has 0 bridgehead atoms. The first-order valence-corrected chi connectivity index (χ1v) is 4.52. The van der Waals surface area contributed by atoms with E-state index in [1.54, 1.807) is 0 Å². The summed E-state index contributed by atoms with van der Waals surface area (Å²) in [4.78, 5) is 0. The average molecular weight is 161 g/mol. The summed E-state index contributed by atoms with van der Waals surface area (Å²) in [6.45, 7) is 6.63. The van der Waals surface area contributed by atoms with Crippen molar-refractivity contribution < 1.29 is 0 Å². The molecule has 2 aliphatic rings. The third kappa shape index (κ3) is 1.01. The summed E-state index contributed by atoms with van der Waals surface area (Å²) in [6.07, 6.45) is 6.75. The smallest absolute Gasteiger partial charge is 0.0252 e. The predicted molar refractivity (Wildman–Crippen MR) is 51.4 cm³/mol. The fraction of sp³-hybridized carbons (Fsp3) is 0.455. The zero-order valence-electron chi connectivity index (χ0n) is 7.89. The first-order valence-electron chi connectivity index (χ1n) is 4.52. The molecule has 0 aromatic rings. The van der Waals surface area contributed by atoms with E-state index in [9.17, 15) is 0 Å². The maximum Gasteiger partial charge on any atom is 0.0252 e. The van der Waals surface area contributed by atoms with Gasteiger partial charge in [0.25, 0.3) is 0 Å². The summed E-state index contributed by atoms with van der Waals surface area (Å²) in [5, 5.41) is 3.38. The van der Waals surface area contributed by atoms with Crippen molar-refractivity contribution in [2.75, 3.05) is 0 Å². The van der Waals surface area contributed by atoms with Gasteiger partial charge in [-0.2, -0.15) is 0 Å². The van der Waals surface area contributed by atoms with Gasteiger partial charge in [0.05, 0.1) is 0 Å². The second-order valence-electron chi connectivity index (χ2n) is 3.82. The second kappa shape index (κ2) is 2.51. The van der Waals surface area contributed by atoms with Gasteiger partial charge in [0.15, 0.2) is 0 Å². The zero-order chi connectivity index (χ0) is 8.72. The van der Waals surface area contributed by atoms with Crippen molar-refractivity contribution in [1.29, 1.82) is 0 Å². The van der Waals surface area contributed by atoms with Crippen LogP contribution >= 0.6 is 0 Å². The van der Waals surface area contributed by atoms with Gasteiger partial charge >= 0.3 is 0 Å². The van der Waals surface area contributed by atoms with Crippen LogP contribution in [-0.4, -0.2) is 0 Å². The molecule has 0 spiro atoms. The molecule has 0 radical (unpaired) electrons. The van der Waals surface area contributed by atoms with Gasteiger partial charge in [-0.15, -0.1) is 0 Å². The fourth-order valence-electron chi connectivity index (χ4n) is 1.93. The Balaban J connectivity index is 2.34. The maximum atomic E-state index is 3.38. The van der Waals surface area contributed by atoms with Crippen LogP contribution in [0.15, 0.2) is 35.2 Å². The van der Waals surface area contributed by atoms with Crippen molar-refractivity contribution in [3.63, 3.8) is 0 Å². The maximum absolute atomic E-state index is 3.38. The molecule has 2 rings (SSSR count). The van der Waals surface area contributed by atoms with E-state index in [0.29, 0.717) is 11.8 Å². The third-order valence-corrected chi connectivity index (χ3v) is 2.91. The molecule has 1 N–H and O–H groups in total. The van der Waals surface area contributed by atoms with Gasteiger partial charge in [0, 0.05) is 17.3 Å². The molecule has 1 nitrogen and oxygen atoms in total. The lowest BCUT2D eigenvalue weighted by Crippen LogP contribution is -2.18. The van der Waals surface area contributed by atoms with Gasteiger partial charge in [-0.3, -0.25) is 0 Å². The highest BCUT2D eigenvalue weighted by molar-refractivity contribution is 5.36. The Kier molecular flexibility index (Phi) is 1.60. The molecular weight excluding hydrogens is 146 g/mol. The molecule has 2 unspecified atom stereocenters. The van der Waals surface area contributed by atoms with Gasteiger partial charge < -0.3 is 5.32 Å². The topological polar surface area (TPSA) is 12.0 Å². The van der Waals surface area contributed by atoms with E-state index in [0.717, 1.165) is 0 Å². The zero-order valence-corrected chi connectivity index (χ0v) is 7.89. The highest BCUT2D eigenvalue weighted by Crippen LogP contribution is 2.34. The van der Waals surface area contributed by atoms with E-state index in [1.807, 2.05) is 0 Å². The first-order chi connectivity index (χ1) is 5.68. The minimum atomic E-state index is 0.606. The van der Waals surface area contributed by atoms with Crippen LogP contribution in [0.4, 0.5) is 0 Å². The van der Waals surface area contributed by atoms with E-state index in [-0.39, 0.29) is 0 Å². The number of hydrogen-bond donors (Lipinski definition) is 1. The average Bonchev–Trinajstić information content (AvgIpc) is 2.39. The number of hydrogen-bond acceptors (Lipinski definition) is 1. The minimum absolute atomic E-state index is 0.606. The molecular formula is C11H15N. The van der Waals surface area contributed by atoms with Crippen molar-refractivity contribution >= 4 is 0 Å². The SMILES string of the molecule is CC1=CC2C(=CC=C(C)C2C)N1. The lowest BCUT2D eigenvalue weighted by Gasteiger charge is -2.23. The van der Waals surface area contributed by atoms with Gasteiger partial charge in [0.1, 0.15) is 0 Å². The predicted octanol–water partition coefficient (Wildman–Crippen LogP) is 2.59. The van der Waals surface area contributed by atoms with E-state index in [4.69, 9.17) is 0 Å². The second-order valence-corrected chi connectivity index (χ2v) is 3.82. The number of fused-ring (bicyclic) bond motifs is 1. The first kappa shape index (κ1) is 7.66. The van der Waals surface area contributed by atoms with E-state index < -0.39 is 0 Å². The summed E-state index contributed by atoms with van der Waals surface area (Å²) < 4.78 is 0. The van der Waals surface area contributed by atoms with E-state index >= 15 is 0 Å². The van der Waals surface area contributed by atoms with Crippen molar-refractivity contribution in [3.05, 3.63) is 35.2 Å². The van der Waals surface area contributed by atoms with Crippen molar-refractivity contribution in [3.8, 4) is 0 Å². The van der Waals surface area contributed by atoms with Crippen molar-refractivity contribution in [2.45, 2.75) is 20.8 Å². The molecule has 2 atom stereocenters. The molecule has 12 heavy (non-hydrogen) atoms. The van der Waals surface area contributed by atoms with Gasteiger partial charge in [0.2, 0.25) is 0 Å². The van der Waals surface area contributed by atoms with Crippen molar-refractivity contribution in [2.24, 2.45) is 11.8 Å². The summed E-state index contributed by atoms with van der Waals surface area (Å²) in [6, 6.07) is 0. The third-order valence-electron chi connectivity index (χ3n) is 2.91. The van der Waals surface area contributed by atoms with Crippen LogP contribution < -0.4 is 5.32 Å². The molecule has 0 fully saturated rings. The molecule has 0 saturated heterocycles. The van der Waals surface area contributed by atoms with Crippen LogP contribution in [0, 0.1) is 11.8 Å². The highest BCUT2D eigenvalue weighted by atomic mass is 14.9. The van der Waals surface area contributed by atoms with E-state index in [1.165, 1.54) is 17.0 Å². The quantitative estimate of drug-likeness (QED) is 0.576. The molecule has 0 saturated carbocycles. The molecule has 0 aromatic heterocycles. The van der Waals surface area contributed by atoms with Crippen LogP contribution in [0.2, 0.25) is 0 Å². The largest absolute Gasteiger partial charge is 0.362 e. The van der Waals surface area contributed by atoms with Crippen LogP contribution in [0.1, 0.15) is 20.8 Å². The molecule has 0 amide bonds. The van der Waals surface area contributed by atoms with Crippen LogP contribution in [0.25, 0.3) is 0 Å². The highest BCUT2D eigenvalue weighted by Gasteiger charge is 2.27. The standard InChI is InChI=1S/C11H15N/c1-7-4-5-11-10(9(7)3)6-8(2)12-11/h4-6,9-10,12H,1-3H3. The Morgan fingerprint density at radius 2 is 2.00 bits per heavy atom.